The summed E-state index contributed by atoms with van der Waals surface area (Å²) in [6, 6.07) is 0. The van der Waals surface area contributed by atoms with Crippen LogP contribution in [0.2, 0.25) is 0 Å². The Morgan fingerprint density at radius 1 is 1.78 bits per heavy atom. The molecular formula is C7H14NO. The highest BCUT2D eigenvalue weighted by Crippen LogP contribution is 2.16. The van der Waals surface area contributed by atoms with Crippen molar-refractivity contribution in [2.45, 2.75) is 12.5 Å². The second-order valence-electron chi connectivity index (χ2n) is 2.88. The van der Waals surface area contributed by atoms with Crippen LogP contribution in [0.1, 0.15) is 6.42 Å². The molecule has 0 aliphatic carbocycles. The van der Waals surface area contributed by atoms with Gasteiger partial charge in [-0.05, 0) is 32.9 Å². The summed E-state index contributed by atoms with van der Waals surface area (Å²) in [6.07, 6.45) is 0.733. The first-order valence-electron chi connectivity index (χ1n) is 3.40. The lowest BCUT2D eigenvalue weighted by molar-refractivity contribution is 0.154. The Bertz CT molecular complexity index is 92.9. The summed E-state index contributed by atoms with van der Waals surface area (Å²) in [5, 5.41) is 9.03. The molecule has 0 aromatic carbocycles. The average molecular weight is 128 g/mol. The summed E-state index contributed by atoms with van der Waals surface area (Å²) in [6.45, 7) is 5.70. The molecule has 0 spiro atoms. The van der Waals surface area contributed by atoms with E-state index in [-0.39, 0.29) is 6.10 Å². The lowest BCUT2D eigenvalue weighted by Gasteiger charge is -2.12. The molecule has 0 aromatic rings. The second kappa shape index (κ2) is 2.67. The van der Waals surface area contributed by atoms with Gasteiger partial charge in [0.15, 0.2) is 0 Å². The first-order valence-corrected chi connectivity index (χ1v) is 3.40. The van der Waals surface area contributed by atoms with Crippen molar-refractivity contribution in [1.82, 2.24) is 4.90 Å². The molecule has 0 aromatic heterocycles. The quantitative estimate of drug-likeness (QED) is 0.542. The topological polar surface area (TPSA) is 23.5 Å². The molecule has 9 heavy (non-hydrogen) atoms. The van der Waals surface area contributed by atoms with Gasteiger partial charge in [0.2, 0.25) is 0 Å². The zero-order valence-electron chi connectivity index (χ0n) is 5.88. The van der Waals surface area contributed by atoms with Gasteiger partial charge >= 0.3 is 0 Å². The molecule has 1 heterocycles. The van der Waals surface area contributed by atoms with Gasteiger partial charge < -0.3 is 10.0 Å². The minimum Gasteiger partial charge on any atom is -0.393 e. The lowest BCUT2D eigenvalue weighted by atomic mass is 10.0. The van der Waals surface area contributed by atoms with Gasteiger partial charge in [0.1, 0.15) is 0 Å². The fraction of sp³-hybridized carbons (Fsp3) is 0.857. The smallest absolute Gasteiger partial charge is 0.0582 e. The van der Waals surface area contributed by atoms with E-state index in [0.29, 0.717) is 5.92 Å². The molecule has 2 unspecified atom stereocenters. The molecule has 0 amide bonds. The van der Waals surface area contributed by atoms with Crippen molar-refractivity contribution in [2.75, 3.05) is 20.1 Å². The van der Waals surface area contributed by atoms with Gasteiger partial charge in [-0.1, -0.05) is 0 Å². The molecule has 1 rings (SSSR count). The number of nitrogens with zero attached hydrogens (tertiary/aromatic N) is 1. The zero-order valence-corrected chi connectivity index (χ0v) is 5.88. The van der Waals surface area contributed by atoms with Crippen LogP contribution in [0.15, 0.2) is 0 Å². The van der Waals surface area contributed by atoms with Crippen molar-refractivity contribution in [1.29, 1.82) is 0 Å². The molecule has 1 aliphatic rings. The Labute approximate surface area is 56.5 Å². The minimum absolute atomic E-state index is 0.366. The van der Waals surface area contributed by atoms with Crippen molar-refractivity contribution in [3.63, 3.8) is 0 Å². The Morgan fingerprint density at radius 2 is 2.44 bits per heavy atom. The van der Waals surface area contributed by atoms with Crippen LogP contribution in [-0.2, 0) is 0 Å². The third-order valence-electron chi connectivity index (χ3n) is 1.97. The summed E-state index contributed by atoms with van der Waals surface area (Å²) < 4.78 is 0. The fourth-order valence-electron chi connectivity index (χ4n) is 1.28. The maximum atomic E-state index is 9.03. The molecule has 53 valence electrons. The summed E-state index contributed by atoms with van der Waals surface area (Å²) in [4.78, 5) is 2.22. The van der Waals surface area contributed by atoms with Gasteiger partial charge in [-0.15, -0.1) is 0 Å². The molecule has 1 saturated heterocycles. The van der Waals surface area contributed by atoms with Crippen LogP contribution in [0, 0.1) is 12.8 Å². The van der Waals surface area contributed by atoms with Crippen LogP contribution < -0.4 is 0 Å². The predicted octanol–water partition coefficient (Wildman–Crippen LogP) is 0.133. The van der Waals surface area contributed by atoms with Crippen LogP contribution in [-0.4, -0.2) is 36.2 Å². The second-order valence-corrected chi connectivity index (χ2v) is 2.88. The summed E-state index contributed by atoms with van der Waals surface area (Å²) in [5.74, 6) is 0.412. The summed E-state index contributed by atoms with van der Waals surface area (Å²) >= 11 is 0. The van der Waals surface area contributed by atoms with Crippen LogP contribution in [0.5, 0.6) is 0 Å². The van der Waals surface area contributed by atoms with Gasteiger partial charge in [-0.3, -0.25) is 0 Å². The van der Waals surface area contributed by atoms with Gasteiger partial charge in [0.25, 0.3) is 0 Å². The van der Waals surface area contributed by atoms with Crippen LogP contribution in [0.4, 0.5) is 0 Å². The van der Waals surface area contributed by atoms with E-state index >= 15 is 0 Å². The first-order chi connectivity index (χ1) is 4.20. The van der Waals surface area contributed by atoms with Crippen LogP contribution >= 0.6 is 0 Å². The number of likely N-dealkylation sites (tertiary alicyclic amines) is 1. The molecule has 2 heteroatoms. The maximum Gasteiger partial charge on any atom is 0.0582 e. The van der Waals surface area contributed by atoms with Gasteiger partial charge in [0, 0.05) is 6.54 Å². The van der Waals surface area contributed by atoms with E-state index in [0.717, 1.165) is 19.5 Å². The molecule has 0 saturated carbocycles. The first kappa shape index (κ1) is 7.03. The normalized spacial score (nSPS) is 33.0. The van der Waals surface area contributed by atoms with Crippen molar-refractivity contribution < 1.29 is 5.11 Å². The van der Waals surface area contributed by atoms with E-state index < -0.39 is 0 Å². The fourth-order valence-corrected chi connectivity index (χ4v) is 1.28. The van der Waals surface area contributed by atoms with Gasteiger partial charge in [0.05, 0.1) is 6.10 Å². The van der Waals surface area contributed by atoms with E-state index in [4.69, 9.17) is 5.11 Å². The van der Waals surface area contributed by atoms with E-state index in [2.05, 4.69) is 18.9 Å². The lowest BCUT2D eigenvalue weighted by Crippen LogP contribution is -2.21. The number of aliphatic hydroxyl groups excluding tert-OH is 1. The average Bonchev–Trinajstić information content (AvgIpc) is 2.14. The summed E-state index contributed by atoms with van der Waals surface area (Å²) in [5.41, 5.74) is 0. The van der Waals surface area contributed by atoms with Crippen LogP contribution in [0.25, 0.3) is 0 Å². The van der Waals surface area contributed by atoms with E-state index in [9.17, 15) is 0 Å². The van der Waals surface area contributed by atoms with E-state index in [1.54, 1.807) is 0 Å². The highest BCUT2D eigenvalue weighted by Gasteiger charge is 2.22. The van der Waals surface area contributed by atoms with E-state index in [1.807, 2.05) is 0 Å². The summed E-state index contributed by atoms with van der Waals surface area (Å²) in [7, 11) is 2.07. The molecule has 1 radical (unpaired) electrons. The van der Waals surface area contributed by atoms with Gasteiger partial charge in [-0.2, -0.15) is 0 Å². The zero-order chi connectivity index (χ0) is 6.85. The van der Waals surface area contributed by atoms with Crippen LogP contribution in [0.3, 0.4) is 0 Å². The number of rotatable bonds is 1. The minimum atomic E-state index is -0.366. The van der Waals surface area contributed by atoms with Crippen molar-refractivity contribution in [2.24, 2.45) is 5.92 Å². The highest BCUT2D eigenvalue weighted by atomic mass is 16.3. The van der Waals surface area contributed by atoms with Crippen molar-refractivity contribution in [3.8, 4) is 0 Å². The van der Waals surface area contributed by atoms with Crippen molar-refractivity contribution in [3.05, 3.63) is 6.92 Å². The Kier molecular flexibility index (Phi) is 2.09. The Hall–Kier alpha value is -0.0800. The molecule has 1 aliphatic heterocycles. The Balaban J connectivity index is 2.30. The van der Waals surface area contributed by atoms with E-state index in [1.165, 1.54) is 0 Å². The molecule has 1 N–H and O–H groups in total. The number of hydrogen-bond acceptors (Lipinski definition) is 2. The molecule has 2 nitrogen and oxygen atoms in total. The van der Waals surface area contributed by atoms with Gasteiger partial charge in [-0.25, -0.2) is 0 Å². The monoisotopic (exact) mass is 128 g/mol. The highest BCUT2D eigenvalue weighted by molar-refractivity contribution is 4.79. The third kappa shape index (κ3) is 1.66. The predicted molar refractivity (Wildman–Crippen MR) is 37.0 cm³/mol. The SMILES string of the molecule is [CH2]C(O)C1CCN(C)C1. The standard InChI is InChI=1S/C7H14NO/c1-6(9)7-3-4-8(2)5-7/h6-7,9H,1,3-5H2,2H3. The molecule has 0 bridgehead atoms. The molecule has 2 atom stereocenters. The third-order valence-corrected chi connectivity index (χ3v) is 1.97. The molecule has 1 fully saturated rings. The number of hydrogen-bond donors (Lipinski definition) is 1. The molecular weight excluding hydrogens is 114 g/mol. The largest absolute Gasteiger partial charge is 0.393 e. The van der Waals surface area contributed by atoms with Crippen molar-refractivity contribution >= 4 is 0 Å². The maximum absolute atomic E-state index is 9.03. The number of aliphatic hydroxyl groups is 1. The Morgan fingerprint density at radius 3 is 2.67 bits per heavy atom.